The summed E-state index contributed by atoms with van der Waals surface area (Å²) < 4.78 is 44.2. The summed E-state index contributed by atoms with van der Waals surface area (Å²) in [4.78, 5) is 28.1. The van der Waals surface area contributed by atoms with Gasteiger partial charge < -0.3 is 15.2 Å². The van der Waals surface area contributed by atoms with E-state index in [0.29, 0.717) is 17.7 Å². The van der Waals surface area contributed by atoms with Crippen LogP contribution in [-0.2, 0) is 30.4 Å². The van der Waals surface area contributed by atoms with Crippen LogP contribution in [0, 0.1) is 0 Å². The lowest BCUT2D eigenvalue weighted by atomic mass is 9.88. The number of pyridine rings is 1. The van der Waals surface area contributed by atoms with Crippen molar-refractivity contribution in [2.45, 2.75) is 64.3 Å². The van der Waals surface area contributed by atoms with Crippen molar-refractivity contribution in [2.75, 3.05) is 0 Å². The molecule has 1 aromatic heterocycles. The van der Waals surface area contributed by atoms with E-state index < -0.39 is 29.3 Å². The van der Waals surface area contributed by atoms with Crippen LogP contribution in [-0.4, -0.2) is 27.5 Å². The van der Waals surface area contributed by atoms with E-state index in [1.807, 2.05) is 6.07 Å². The third kappa shape index (κ3) is 5.03. The molecular weight excluding hydrogens is 425 g/mol. The third-order valence-corrected chi connectivity index (χ3v) is 5.79. The Morgan fingerprint density at radius 1 is 1.16 bits per heavy atom. The number of nitrogens with zero attached hydrogens (tertiary/aromatic N) is 1. The molecule has 32 heavy (non-hydrogen) atoms. The van der Waals surface area contributed by atoms with E-state index in [2.05, 4.69) is 10.3 Å². The summed E-state index contributed by atoms with van der Waals surface area (Å²) in [5, 5.41) is 12.1. The first-order valence-corrected chi connectivity index (χ1v) is 10.4. The van der Waals surface area contributed by atoms with Crippen LogP contribution in [0.25, 0.3) is 0 Å². The van der Waals surface area contributed by atoms with Gasteiger partial charge in [-0.15, -0.1) is 0 Å². The van der Waals surface area contributed by atoms with Gasteiger partial charge in [0.2, 0.25) is 0 Å². The van der Waals surface area contributed by atoms with Gasteiger partial charge in [0.1, 0.15) is 23.6 Å². The molecule has 0 fully saturated rings. The van der Waals surface area contributed by atoms with Crippen LogP contribution in [0.3, 0.4) is 0 Å². The normalized spacial score (nSPS) is 15.4. The average molecular weight is 450 g/mol. The molecule has 1 atom stereocenters. The zero-order valence-corrected chi connectivity index (χ0v) is 17.9. The van der Waals surface area contributed by atoms with Gasteiger partial charge in [0, 0.05) is 11.8 Å². The fraction of sp³-hybridized carbons (Fsp3) is 0.435. The average Bonchev–Trinajstić information content (AvgIpc) is 2.76. The molecule has 172 valence electrons. The number of halogens is 3. The summed E-state index contributed by atoms with van der Waals surface area (Å²) in [6, 6.07) is 5.62. The predicted molar refractivity (Wildman–Crippen MR) is 110 cm³/mol. The number of ether oxygens (including phenoxy) is 1. The Morgan fingerprint density at radius 3 is 2.47 bits per heavy atom. The predicted octanol–water partition coefficient (Wildman–Crippen LogP) is 4.54. The Hall–Kier alpha value is -3.10. The number of benzene rings is 1. The second-order valence-corrected chi connectivity index (χ2v) is 8.07. The van der Waals surface area contributed by atoms with Crippen LogP contribution in [0.1, 0.15) is 65.9 Å². The zero-order valence-electron chi connectivity index (χ0n) is 17.9. The van der Waals surface area contributed by atoms with Gasteiger partial charge in [-0.2, -0.15) is 13.2 Å². The van der Waals surface area contributed by atoms with Gasteiger partial charge in [0.05, 0.1) is 5.56 Å². The monoisotopic (exact) mass is 450 g/mol. The van der Waals surface area contributed by atoms with E-state index in [1.54, 1.807) is 13.0 Å². The van der Waals surface area contributed by atoms with Gasteiger partial charge >= 0.3 is 12.1 Å². The number of carboxylic acids is 1. The van der Waals surface area contributed by atoms with Crippen LogP contribution in [0.4, 0.5) is 13.2 Å². The molecule has 1 aliphatic carbocycles. The maximum absolute atomic E-state index is 13.0. The molecule has 3 rings (SSSR count). The standard InChI is InChI=1S/C23H25F3N2O4/c1-3-22(2,21(30)31)28-20(29)17-10-9-15-6-4-5-7-16(15)19(17)32-13-14-8-11-18(27-12-14)23(24,25)26/h8-12H,3-7,13H2,1-2H3,(H,28,29)(H,30,31). The van der Waals surface area contributed by atoms with Gasteiger partial charge in [-0.25, -0.2) is 4.79 Å². The minimum Gasteiger partial charge on any atom is -0.488 e. The molecule has 0 spiro atoms. The highest BCUT2D eigenvalue weighted by Crippen LogP contribution is 2.34. The molecule has 0 saturated heterocycles. The highest BCUT2D eigenvalue weighted by atomic mass is 19.4. The maximum atomic E-state index is 13.0. The van der Waals surface area contributed by atoms with Crippen molar-refractivity contribution in [1.82, 2.24) is 10.3 Å². The fourth-order valence-electron chi connectivity index (χ4n) is 3.58. The number of amides is 1. The van der Waals surface area contributed by atoms with Crippen molar-refractivity contribution in [3.63, 3.8) is 0 Å². The summed E-state index contributed by atoms with van der Waals surface area (Å²) in [5.41, 5.74) is 0.0999. The number of aromatic nitrogens is 1. The van der Waals surface area contributed by atoms with Crippen molar-refractivity contribution in [3.8, 4) is 5.75 Å². The molecule has 1 heterocycles. The van der Waals surface area contributed by atoms with Crippen LogP contribution in [0.5, 0.6) is 5.75 Å². The van der Waals surface area contributed by atoms with E-state index in [1.165, 1.54) is 13.0 Å². The molecule has 0 radical (unpaired) electrons. The van der Waals surface area contributed by atoms with Crippen LogP contribution in [0.15, 0.2) is 30.5 Å². The number of carboxylic acid groups (broad SMARTS) is 1. The van der Waals surface area contributed by atoms with Crippen LogP contribution < -0.4 is 10.1 Å². The highest BCUT2D eigenvalue weighted by molar-refractivity contribution is 6.00. The third-order valence-electron chi connectivity index (χ3n) is 5.79. The molecule has 1 aliphatic rings. The number of fused-ring (bicyclic) bond motifs is 1. The summed E-state index contributed by atoms with van der Waals surface area (Å²) in [6.45, 7) is 3.02. The molecule has 2 N–H and O–H groups in total. The summed E-state index contributed by atoms with van der Waals surface area (Å²) in [7, 11) is 0. The van der Waals surface area contributed by atoms with E-state index >= 15 is 0 Å². The Labute approximate surface area is 183 Å². The summed E-state index contributed by atoms with van der Waals surface area (Å²) in [5.74, 6) is -1.39. The quantitative estimate of drug-likeness (QED) is 0.647. The smallest absolute Gasteiger partial charge is 0.433 e. The first-order valence-electron chi connectivity index (χ1n) is 10.4. The number of hydrogen-bond donors (Lipinski definition) is 2. The Balaban J connectivity index is 1.89. The second kappa shape index (κ2) is 9.18. The lowest BCUT2D eigenvalue weighted by molar-refractivity contribution is -0.144. The second-order valence-electron chi connectivity index (χ2n) is 8.07. The van der Waals surface area contributed by atoms with Crippen molar-refractivity contribution >= 4 is 11.9 Å². The zero-order chi connectivity index (χ0) is 23.5. The lowest BCUT2D eigenvalue weighted by Crippen LogP contribution is -2.51. The van der Waals surface area contributed by atoms with Crippen LogP contribution >= 0.6 is 0 Å². The van der Waals surface area contributed by atoms with Gasteiger partial charge in [0.25, 0.3) is 5.91 Å². The molecule has 2 aromatic rings. The number of rotatable bonds is 7. The lowest BCUT2D eigenvalue weighted by Gasteiger charge is -2.27. The summed E-state index contributed by atoms with van der Waals surface area (Å²) in [6.07, 6.45) is 0.201. The topological polar surface area (TPSA) is 88.5 Å². The maximum Gasteiger partial charge on any atom is 0.433 e. The number of carbonyl (C=O) groups excluding carboxylic acids is 1. The van der Waals surface area contributed by atoms with Crippen molar-refractivity contribution < 1.29 is 32.6 Å². The Bertz CT molecular complexity index is 1010. The first-order chi connectivity index (χ1) is 15.0. The SMILES string of the molecule is CCC(C)(NC(=O)c1ccc2c(c1OCc1ccc(C(F)(F)F)nc1)CCCC2)C(=O)O. The number of alkyl halides is 3. The van der Waals surface area contributed by atoms with Gasteiger partial charge in [-0.3, -0.25) is 9.78 Å². The Kier molecular flexibility index (Phi) is 6.76. The van der Waals surface area contributed by atoms with E-state index in [4.69, 9.17) is 4.74 Å². The molecule has 1 amide bonds. The molecular formula is C23H25F3N2O4. The molecule has 0 aliphatic heterocycles. The van der Waals surface area contributed by atoms with E-state index in [0.717, 1.165) is 42.7 Å². The van der Waals surface area contributed by atoms with Crippen molar-refractivity contribution in [2.24, 2.45) is 0 Å². The molecule has 1 unspecified atom stereocenters. The highest BCUT2D eigenvalue weighted by Gasteiger charge is 2.35. The molecule has 6 nitrogen and oxygen atoms in total. The van der Waals surface area contributed by atoms with Gasteiger partial charge in [-0.1, -0.05) is 19.1 Å². The number of aryl methyl sites for hydroxylation is 1. The number of nitrogens with one attached hydrogen (secondary N) is 1. The van der Waals surface area contributed by atoms with Crippen molar-refractivity contribution in [3.05, 3.63) is 58.4 Å². The summed E-state index contributed by atoms with van der Waals surface area (Å²) >= 11 is 0. The Morgan fingerprint density at radius 2 is 1.88 bits per heavy atom. The molecule has 0 bridgehead atoms. The number of hydrogen-bond acceptors (Lipinski definition) is 4. The minimum atomic E-state index is -4.53. The number of aliphatic carboxylic acids is 1. The van der Waals surface area contributed by atoms with E-state index in [9.17, 15) is 27.9 Å². The van der Waals surface area contributed by atoms with Gasteiger partial charge in [0.15, 0.2) is 0 Å². The number of carbonyl (C=O) groups is 2. The first kappa shape index (κ1) is 23.6. The van der Waals surface area contributed by atoms with Crippen molar-refractivity contribution in [1.29, 1.82) is 0 Å². The largest absolute Gasteiger partial charge is 0.488 e. The fourth-order valence-corrected chi connectivity index (χ4v) is 3.58. The molecule has 1 aromatic carbocycles. The molecule has 0 saturated carbocycles. The van der Waals surface area contributed by atoms with Crippen LogP contribution in [0.2, 0.25) is 0 Å². The minimum absolute atomic E-state index is 0.0775. The van der Waals surface area contributed by atoms with Gasteiger partial charge in [-0.05, 0) is 62.3 Å². The van der Waals surface area contributed by atoms with E-state index in [-0.39, 0.29) is 18.6 Å². The molecule has 9 heteroatoms.